The van der Waals surface area contributed by atoms with Gasteiger partial charge in [0.1, 0.15) is 5.75 Å². The van der Waals surface area contributed by atoms with Gasteiger partial charge in [0.25, 0.3) is 0 Å². The number of hydrogen-bond acceptors (Lipinski definition) is 6. The fourth-order valence-corrected chi connectivity index (χ4v) is 3.12. The van der Waals surface area contributed by atoms with Gasteiger partial charge in [0.2, 0.25) is 5.75 Å². The van der Waals surface area contributed by atoms with Crippen molar-refractivity contribution in [3.05, 3.63) is 34.9 Å². The van der Waals surface area contributed by atoms with Gasteiger partial charge in [0, 0.05) is 41.8 Å². The molecule has 0 aliphatic carbocycles. The highest BCUT2D eigenvalue weighted by Crippen LogP contribution is 2.55. The van der Waals surface area contributed by atoms with Crippen molar-refractivity contribution in [2.45, 2.75) is 12.5 Å². The Hall–Kier alpha value is -2.60. The van der Waals surface area contributed by atoms with Crippen LogP contribution in [0.5, 0.6) is 34.5 Å². The van der Waals surface area contributed by atoms with Gasteiger partial charge in [-0.3, -0.25) is 0 Å². The SMILES string of the molecule is Oc1cc2c3c(c1O)CNCC3c1ccc(O)c(O)c1O2. The molecule has 2 aliphatic rings. The highest BCUT2D eigenvalue weighted by Gasteiger charge is 2.36. The highest BCUT2D eigenvalue weighted by molar-refractivity contribution is 5.68. The van der Waals surface area contributed by atoms with Gasteiger partial charge in [0.15, 0.2) is 23.0 Å². The molecule has 6 heteroatoms. The number of benzene rings is 2. The molecule has 1 unspecified atom stereocenters. The van der Waals surface area contributed by atoms with E-state index in [-0.39, 0.29) is 34.7 Å². The average molecular weight is 287 g/mol. The number of phenolic OH excluding ortho intramolecular Hbond substituents is 4. The third kappa shape index (κ3) is 1.50. The molecule has 4 rings (SSSR count). The van der Waals surface area contributed by atoms with Crippen molar-refractivity contribution in [3.8, 4) is 34.5 Å². The zero-order valence-corrected chi connectivity index (χ0v) is 10.9. The Bertz CT molecular complexity index is 771. The summed E-state index contributed by atoms with van der Waals surface area (Å²) in [7, 11) is 0. The van der Waals surface area contributed by atoms with Crippen LogP contribution in [0, 0.1) is 0 Å². The van der Waals surface area contributed by atoms with Crippen LogP contribution in [0.4, 0.5) is 0 Å². The molecule has 108 valence electrons. The monoisotopic (exact) mass is 287 g/mol. The van der Waals surface area contributed by atoms with Crippen molar-refractivity contribution in [1.82, 2.24) is 5.32 Å². The zero-order valence-electron chi connectivity index (χ0n) is 10.9. The summed E-state index contributed by atoms with van der Waals surface area (Å²) >= 11 is 0. The van der Waals surface area contributed by atoms with Crippen molar-refractivity contribution in [2.75, 3.05) is 6.54 Å². The van der Waals surface area contributed by atoms with Crippen LogP contribution in [-0.4, -0.2) is 27.0 Å². The maximum atomic E-state index is 10.0. The van der Waals surface area contributed by atoms with Crippen LogP contribution in [0.15, 0.2) is 18.2 Å². The topological polar surface area (TPSA) is 102 Å². The first-order valence-electron chi connectivity index (χ1n) is 6.59. The van der Waals surface area contributed by atoms with Crippen LogP contribution >= 0.6 is 0 Å². The molecule has 0 saturated heterocycles. The molecule has 0 saturated carbocycles. The molecule has 0 bridgehead atoms. The number of nitrogens with one attached hydrogen (secondary N) is 1. The van der Waals surface area contributed by atoms with Gasteiger partial charge < -0.3 is 30.5 Å². The van der Waals surface area contributed by atoms with E-state index in [0.717, 1.165) is 11.1 Å². The van der Waals surface area contributed by atoms with Crippen LogP contribution in [-0.2, 0) is 6.54 Å². The lowest BCUT2D eigenvalue weighted by Crippen LogP contribution is -2.31. The summed E-state index contributed by atoms with van der Waals surface area (Å²) < 4.78 is 5.66. The van der Waals surface area contributed by atoms with E-state index in [4.69, 9.17) is 4.74 Å². The summed E-state index contributed by atoms with van der Waals surface area (Å²) in [4.78, 5) is 0. The quantitative estimate of drug-likeness (QED) is 0.474. The van der Waals surface area contributed by atoms with Crippen molar-refractivity contribution in [1.29, 1.82) is 0 Å². The maximum Gasteiger partial charge on any atom is 0.201 e. The summed E-state index contributed by atoms with van der Waals surface area (Å²) in [6.07, 6.45) is 0. The van der Waals surface area contributed by atoms with Gasteiger partial charge in [-0.15, -0.1) is 0 Å². The normalized spacial score (nSPS) is 18.6. The number of fused-ring (bicyclic) bond motifs is 2. The van der Waals surface area contributed by atoms with Gasteiger partial charge in [-0.1, -0.05) is 6.07 Å². The molecular formula is C15H13NO5. The van der Waals surface area contributed by atoms with Crippen LogP contribution in [0.2, 0.25) is 0 Å². The van der Waals surface area contributed by atoms with E-state index >= 15 is 0 Å². The van der Waals surface area contributed by atoms with E-state index in [1.54, 1.807) is 6.07 Å². The van der Waals surface area contributed by atoms with Gasteiger partial charge in [-0.2, -0.15) is 0 Å². The number of phenols is 4. The Kier molecular flexibility index (Phi) is 2.29. The fraction of sp³-hybridized carbons (Fsp3) is 0.200. The minimum atomic E-state index is -0.321. The van der Waals surface area contributed by atoms with Gasteiger partial charge in [-0.05, 0) is 6.07 Å². The first-order chi connectivity index (χ1) is 10.1. The van der Waals surface area contributed by atoms with Gasteiger partial charge >= 0.3 is 0 Å². The summed E-state index contributed by atoms with van der Waals surface area (Å²) in [5.41, 5.74) is 2.14. The van der Waals surface area contributed by atoms with Crippen LogP contribution < -0.4 is 10.1 Å². The van der Waals surface area contributed by atoms with Crippen LogP contribution in [0.25, 0.3) is 0 Å². The predicted octanol–water partition coefficient (Wildman–Crippen LogP) is 1.85. The highest BCUT2D eigenvalue weighted by atomic mass is 16.5. The predicted molar refractivity (Wildman–Crippen MR) is 73.2 cm³/mol. The summed E-state index contributed by atoms with van der Waals surface area (Å²) in [5, 5.41) is 42.6. The number of rotatable bonds is 0. The zero-order chi connectivity index (χ0) is 14.7. The number of hydrogen-bond donors (Lipinski definition) is 5. The van der Waals surface area contributed by atoms with E-state index in [0.29, 0.717) is 24.4 Å². The molecule has 2 heterocycles. The van der Waals surface area contributed by atoms with Crippen LogP contribution in [0.1, 0.15) is 22.6 Å². The summed E-state index contributed by atoms with van der Waals surface area (Å²) in [5.74, 6) is -0.546. The Balaban J connectivity index is 2.01. The van der Waals surface area contributed by atoms with E-state index in [1.165, 1.54) is 12.1 Å². The third-order valence-corrected chi connectivity index (χ3v) is 4.11. The van der Waals surface area contributed by atoms with Crippen molar-refractivity contribution in [3.63, 3.8) is 0 Å². The molecule has 6 nitrogen and oxygen atoms in total. The van der Waals surface area contributed by atoms with E-state index < -0.39 is 0 Å². The molecule has 2 aliphatic heterocycles. The van der Waals surface area contributed by atoms with Crippen molar-refractivity contribution < 1.29 is 25.2 Å². The molecule has 0 aromatic heterocycles. The molecule has 2 aromatic rings. The lowest BCUT2D eigenvalue weighted by atomic mass is 9.82. The average Bonchev–Trinajstić information content (AvgIpc) is 2.49. The van der Waals surface area contributed by atoms with Gasteiger partial charge in [-0.25, -0.2) is 0 Å². The van der Waals surface area contributed by atoms with Crippen molar-refractivity contribution in [2.24, 2.45) is 0 Å². The van der Waals surface area contributed by atoms with E-state index in [2.05, 4.69) is 5.32 Å². The molecule has 1 atom stereocenters. The lowest BCUT2D eigenvalue weighted by molar-refractivity contribution is 0.348. The lowest BCUT2D eigenvalue weighted by Gasteiger charge is -2.34. The summed E-state index contributed by atoms with van der Waals surface area (Å²) in [6, 6.07) is 4.44. The first kappa shape index (κ1) is 12.2. The molecule has 21 heavy (non-hydrogen) atoms. The van der Waals surface area contributed by atoms with E-state index in [1.807, 2.05) is 0 Å². The third-order valence-electron chi connectivity index (χ3n) is 4.11. The second kappa shape index (κ2) is 3.95. The second-order valence-electron chi connectivity index (χ2n) is 5.27. The van der Waals surface area contributed by atoms with Crippen LogP contribution in [0.3, 0.4) is 0 Å². The largest absolute Gasteiger partial charge is 0.504 e. The summed E-state index contributed by atoms with van der Waals surface area (Å²) in [6.45, 7) is 1.05. The number of ether oxygens (including phenoxy) is 1. The molecule has 2 aromatic carbocycles. The molecule has 0 amide bonds. The standard InChI is InChI=1S/C15H13NO5/c17-9-2-1-6-7-4-16-5-8-12(7)11(3-10(18)13(8)19)21-15(6)14(9)20/h1-3,7,16-20H,4-5H2. The maximum absolute atomic E-state index is 10.0. The Morgan fingerprint density at radius 3 is 2.67 bits per heavy atom. The minimum Gasteiger partial charge on any atom is -0.504 e. The van der Waals surface area contributed by atoms with E-state index in [9.17, 15) is 20.4 Å². The number of aromatic hydroxyl groups is 4. The molecular weight excluding hydrogens is 274 g/mol. The van der Waals surface area contributed by atoms with Crippen molar-refractivity contribution >= 4 is 0 Å². The van der Waals surface area contributed by atoms with Gasteiger partial charge in [0.05, 0.1) is 0 Å². The Morgan fingerprint density at radius 2 is 1.86 bits per heavy atom. The molecule has 0 spiro atoms. The molecule has 0 radical (unpaired) electrons. The fourth-order valence-electron chi connectivity index (χ4n) is 3.12. The Labute approximate surface area is 119 Å². The molecule has 0 fully saturated rings. The molecule has 5 N–H and O–H groups in total. The smallest absolute Gasteiger partial charge is 0.201 e. The Morgan fingerprint density at radius 1 is 1.05 bits per heavy atom. The first-order valence-corrected chi connectivity index (χ1v) is 6.59. The second-order valence-corrected chi connectivity index (χ2v) is 5.27. The minimum absolute atomic E-state index is 0.120.